The van der Waals surface area contributed by atoms with Crippen LogP contribution in [-0.2, 0) is 17.9 Å². The molecule has 0 unspecified atom stereocenters. The SMILES string of the molecule is O=C(CN(Cc1ccco1)C1CCCC1)NCc1ccc(C(=O)N2CCCC2)cc1. The van der Waals surface area contributed by atoms with Gasteiger partial charge < -0.3 is 14.6 Å². The highest BCUT2D eigenvalue weighted by Gasteiger charge is 2.25. The molecule has 160 valence electrons. The maximum atomic E-state index is 12.6. The zero-order valence-corrected chi connectivity index (χ0v) is 17.5. The van der Waals surface area contributed by atoms with Crippen molar-refractivity contribution in [3.63, 3.8) is 0 Å². The Hall–Kier alpha value is -2.60. The third-order valence-electron chi connectivity index (χ3n) is 6.21. The Labute approximate surface area is 178 Å². The fourth-order valence-corrected chi connectivity index (χ4v) is 4.50. The van der Waals surface area contributed by atoms with Gasteiger partial charge in [0.2, 0.25) is 5.91 Å². The lowest BCUT2D eigenvalue weighted by Gasteiger charge is -2.27. The van der Waals surface area contributed by atoms with E-state index in [0.717, 1.165) is 55.7 Å². The standard InChI is InChI=1S/C24H31N3O3/c28-23(18-27(21-6-1-2-7-21)17-22-8-5-15-30-22)25-16-19-9-11-20(12-10-19)24(29)26-13-3-4-14-26/h5,8-12,15,21H,1-4,6-7,13-14,16-18H2,(H,25,28). The van der Waals surface area contributed by atoms with Crippen LogP contribution < -0.4 is 5.32 Å². The molecule has 0 spiro atoms. The van der Waals surface area contributed by atoms with Crippen LogP contribution >= 0.6 is 0 Å². The van der Waals surface area contributed by atoms with E-state index in [1.54, 1.807) is 6.26 Å². The first-order chi connectivity index (χ1) is 14.7. The minimum atomic E-state index is 0.0191. The van der Waals surface area contributed by atoms with E-state index in [-0.39, 0.29) is 11.8 Å². The second-order valence-corrected chi connectivity index (χ2v) is 8.40. The Balaban J connectivity index is 1.29. The van der Waals surface area contributed by atoms with Crippen LogP contribution in [0.15, 0.2) is 47.1 Å². The first-order valence-corrected chi connectivity index (χ1v) is 11.1. The number of nitrogens with one attached hydrogen (secondary N) is 1. The van der Waals surface area contributed by atoms with Crippen LogP contribution in [0.25, 0.3) is 0 Å². The highest BCUT2D eigenvalue weighted by Crippen LogP contribution is 2.25. The molecule has 0 bridgehead atoms. The minimum Gasteiger partial charge on any atom is -0.468 e. The average Bonchev–Trinajstić information content (AvgIpc) is 3.55. The minimum absolute atomic E-state index is 0.0191. The fourth-order valence-electron chi connectivity index (χ4n) is 4.50. The molecular formula is C24H31N3O3. The van der Waals surface area contributed by atoms with Crippen LogP contribution in [-0.4, -0.2) is 47.3 Å². The largest absolute Gasteiger partial charge is 0.468 e. The van der Waals surface area contributed by atoms with Crippen molar-refractivity contribution >= 4 is 11.8 Å². The van der Waals surface area contributed by atoms with Gasteiger partial charge in [-0.3, -0.25) is 14.5 Å². The summed E-state index contributed by atoms with van der Waals surface area (Å²) in [5.74, 6) is 1.02. The Morgan fingerprint density at radius 1 is 1.03 bits per heavy atom. The molecule has 1 N–H and O–H groups in total. The molecule has 2 amide bonds. The first kappa shape index (κ1) is 20.7. The van der Waals surface area contributed by atoms with Gasteiger partial charge in [-0.25, -0.2) is 0 Å². The quantitative estimate of drug-likeness (QED) is 0.724. The predicted octanol–water partition coefficient (Wildman–Crippen LogP) is 3.58. The molecule has 1 saturated heterocycles. The summed E-state index contributed by atoms with van der Waals surface area (Å²) in [4.78, 5) is 29.2. The van der Waals surface area contributed by atoms with Gasteiger partial charge in [0.25, 0.3) is 5.91 Å². The summed E-state index contributed by atoms with van der Waals surface area (Å²) in [5.41, 5.74) is 1.72. The summed E-state index contributed by atoms with van der Waals surface area (Å²) in [6, 6.07) is 11.9. The van der Waals surface area contributed by atoms with E-state index < -0.39 is 0 Å². The number of carbonyl (C=O) groups is 2. The molecule has 4 rings (SSSR count). The Kier molecular flexibility index (Phi) is 6.84. The summed E-state index contributed by atoms with van der Waals surface area (Å²) >= 11 is 0. The van der Waals surface area contributed by atoms with Crippen molar-refractivity contribution < 1.29 is 14.0 Å². The normalized spacial score (nSPS) is 17.0. The van der Waals surface area contributed by atoms with Gasteiger partial charge in [-0.15, -0.1) is 0 Å². The van der Waals surface area contributed by atoms with Crippen molar-refractivity contribution in [2.24, 2.45) is 0 Å². The lowest BCUT2D eigenvalue weighted by Crippen LogP contribution is -2.41. The third-order valence-corrected chi connectivity index (χ3v) is 6.21. The van der Waals surface area contributed by atoms with Crippen molar-refractivity contribution in [3.05, 3.63) is 59.5 Å². The summed E-state index contributed by atoms with van der Waals surface area (Å²) in [7, 11) is 0. The number of rotatable bonds is 8. The molecule has 30 heavy (non-hydrogen) atoms. The number of hydrogen-bond donors (Lipinski definition) is 1. The van der Waals surface area contributed by atoms with Crippen molar-refractivity contribution in [2.75, 3.05) is 19.6 Å². The van der Waals surface area contributed by atoms with E-state index in [2.05, 4.69) is 10.2 Å². The van der Waals surface area contributed by atoms with E-state index in [9.17, 15) is 9.59 Å². The number of nitrogens with zero attached hydrogens (tertiary/aromatic N) is 2. The molecule has 1 aromatic carbocycles. The van der Waals surface area contributed by atoms with Gasteiger partial charge in [0.15, 0.2) is 0 Å². The predicted molar refractivity (Wildman–Crippen MR) is 115 cm³/mol. The molecule has 2 aliphatic rings. The molecular weight excluding hydrogens is 378 g/mol. The topological polar surface area (TPSA) is 65.8 Å². The summed E-state index contributed by atoms with van der Waals surface area (Å²) < 4.78 is 5.50. The first-order valence-electron chi connectivity index (χ1n) is 11.1. The average molecular weight is 410 g/mol. The molecule has 1 saturated carbocycles. The number of furan rings is 1. The molecule has 2 fully saturated rings. The highest BCUT2D eigenvalue weighted by molar-refractivity contribution is 5.94. The monoisotopic (exact) mass is 409 g/mol. The van der Waals surface area contributed by atoms with Crippen LogP contribution in [0.5, 0.6) is 0 Å². The van der Waals surface area contributed by atoms with Gasteiger partial charge >= 0.3 is 0 Å². The second-order valence-electron chi connectivity index (χ2n) is 8.40. The van der Waals surface area contributed by atoms with Gasteiger partial charge in [0.1, 0.15) is 5.76 Å². The van der Waals surface area contributed by atoms with Gasteiger partial charge in [0.05, 0.1) is 19.4 Å². The molecule has 6 nitrogen and oxygen atoms in total. The summed E-state index contributed by atoms with van der Waals surface area (Å²) in [6.45, 7) is 3.21. The molecule has 1 aliphatic carbocycles. The number of amides is 2. The maximum absolute atomic E-state index is 12.6. The summed E-state index contributed by atoms with van der Waals surface area (Å²) in [6.07, 6.45) is 8.59. The third kappa shape index (κ3) is 5.30. The molecule has 1 aromatic heterocycles. The Morgan fingerprint density at radius 3 is 2.43 bits per heavy atom. The molecule has 0 atom stereocenters. The molecule has 6 heteroatoms. The Morgan fingerprint density at radius 2 is 1.77 bits per heavy atom. The highest BCUT2D eigenvalue weighted by atomic mass is 16.3. The van der Waals surface area contributed by atoms with Crippen LogP contribution in [0.4, 0.5) is 0 Å². The van der Waals surface area contributed by atoms with Crippen LogP contribution in [0, 0.1) is 0 Å². The number of carbonyl (C=O) groups excluding carboxylic acids is 2. The molecule has 2 heterocycles. The van der Waals surface area contributed by atoms with E-state index in [0.29, 0.717) is 25.7 Å². The van der Waals surface area contributed by atoms with Crippen molar-refractivity contribution in [1.82, 2.24) is 15.1 Å². The van der Waals surface area contributed by atoms with Crippen LogP contribution in [0.3, 0.4) is 0 Å². The lowest BCUT2D eigenvalue weighted by molar-refractivity contribution is -0.123. The van der Waals surface area contributed by atoms with Crippen molar-refractivity contribution in [2.45, 2.75) is 57.7 Å². The van der Waals surface area contributed by atoms with Crippen molar-refractivity contribution in [3.8, 4) is 0 Å². The second kappa shape index (κ2) is 9.94. The van der Waals surface area contributed by atoms with Gasteiger partial charge in [-0.2, -0.15) is 0 Å². The van der Waals surface area contributed by atoms with Crippen LogP contribution in [0.1, 0.15) is 60.2 Å². The van der Waals surface area contributed by atoms with Gasteiger partial charge in [0, 0.05) is 31.2 Å². The Bertz CT molecular complexity index is 820. The molecule has 2 aromatic rings. The smallest absolute Gasteiger partial charge is 0.253 e. The molecule has 0 radical (unpaired) electrons. The van der Waals surface area contributed by atoms with E-state index in [1.807, 2.05) is 41.3 Å². The van der Waals surface area contributed by atoms with Gasteiger partial charge in [-0.1, -0.05) is 25.0 Å². The number of benzene rings is 1. The number of hydrogen-bond acceptors (Lipinski definition) is 4. The maximum Gasteiger partial charge on any atom is 0.253 e. The number of likely N-dealkylation sites (tertiary alicyclic amines) is 1. The van der Waals surface area contributed by atoms with E-state index in [4.69, 9.17) is 4.42 Å². The van der Waals surface area contributed by atoms with Crippen molar-refractivity contribution in [1.29, 1.82) is 0 Å². The van der Waals surface area contributed by atoms with E-state index >= 15 is 0 Å². The fraction of sp³-hybridized carbons (Fsp3) is 0.500. The van der Waals surface area contributed by atoms with Crippen LogP contribution in [0.2, 0.25) is 0 Å². The van der Waals surface area contributed by atoms with E-state index in [1.165, 1.54) is 12.8 Å². The lowest BCUT2D eigenvalue weighted by atomic mass is 10.1. The zero-order chi connectivity index (χ0) is 20.8. The molecule has 1 aliphatic heterocycles. The summed E-state index contributed by atoms with van der Waals surface area (Å²) in [5, 5.41) is 3.03. The zero-order valence-electron chi connectivity index (χ0n) is 17.5. The van der Waals surface area contributed by atoms with Gasteiger partial charge in [-0.05, 0) is 55.5 Å².